The number of methoxy groups -OCH3 is 1. The summed E-state index contributed by atoms with van der Waals surface area (Å²) in [6.45, 7) is 8.31. The Balaban J connectivity index is 0.000000292. The molecular weight excluding hydrogens is 691 g/mol. The quantitative estimate of drug-likeness (QED) is 0.189. The molecule has 0 saturated heterocycles. The maximum atomic E-state index is 13.2. The van der Waals surface area contributed by atoms with Gasteiger partial charge in [-0.2, -0.15) is 13.2 Å². The lowest BCUT2D eigenvalue weighted by molar-refractivity contribution is -0.273. The van der Waals surface area contributed by atoms with Crippen LogP contribution in [0.1, 0.15) is 72.7 Å². The number of pyridine rings is 1. The van der Waals surface area contributed by atoms with E-state index in [0.717, 1.165) is 53.5 Å². The molecule has 3 atom stereocenters. The Morgan fingerprint density at radius 3 is 2.60 bits per heavy atom. The molecular formula is C37H41ClF3N3O5S. The molecule has 1 N–H and O–H groups in total. The van der Waals surface area contributed by atoms with E-state index >= 15 is 0 Å². The number of allylic oxidation sites excluding steroid dienone is 1. The predicted molar refractivity (Wildman–Crippen MR) is 190 cm³/mol. The molecule has 0 fully saturated rings. The van der Waals surface area contributed by atoms with Crippen LogP contribution in [0.15, 0.2) is 46.6 Å². The SMILES string of the molecule is COC1(C(F)(F)F)CC=CCC(C)C1.Cc1cc(-c2cc(Cl)ccc2OCCn2c(C)nc3c(c2=O)C[C@@H](C)CC3)c2scc(C(=O)O)c2n1. The largest absolute Gasteiger partial charge is 0.491 e. The van der Waals surface area contributed by atoms with Crippen LogP contribution in [0.2, 0.25) is 5.02 Å². The van der Waals surface area contributed by atoms with Gasteiger partial charge in [0, 0.05) is 46.3 Å². The van der Waals surface area contributed by atoms with Gasteiger partial charge in [0.05, 0.1) is 28.0 Å². The summed E-state index contributed by atoms with van der Waals surface area (Å²) < 4.78 is 51.7. The average Bonchev–Trinajstić information content (AvgIpc) is 3.37. The Hall–Kier alpha value is -3.74. The first-order chi connectivity index (χ1) is 23.6. The van der Waals surface area contributed by atoms with Crippen LogP contribution < -0.4 is 10.3 Å². The highest BCUT2D eigenvalue weighted by atomic mass is 35.5. The van der Waals surface area contributed by atoms with Gasteiger partial charge in [0.1, 0.15) is 18.2 Å². The number of hydrogen-bond donors (Lipinski definition) is 1. The number of halogens is 4. The molecule has 268 valence electrons. The summed E-state index contributed by atoms with van der Waals surface area (Å²) >= 11 is 7.68. The van der Waals surface area contributed by atoms with Crippen molar-refractivity contribution in [3.05, 3.63) is 85.5 Å². The number of thiophene rings is 1. The summed E-state index contributed by atoms with van der Waals surface area (Å²) in [7, 11) is 1.14. The van der Waals surface area contributed by atoms with E-state index in [9.17, 15) is 27.9 Å². The minimum atomic E-state index is -4.29. The molecule has 0 bridgehead atoms. The van der Waals surface area contributed by atoms with E-state index in [1.165, 1.54) is 11.3 Å². The van der Waals surface area contributed by atoms with E-state index in [0.29, 0.717) is 46.7 Å². The molecule has 6 rings (SSSR count). The van der Waals surface area contributed by atoms with Crippen LogP contribution in [-0.2, 0) is 24.1 Å². The summed E-state index contributed by atoms with van der Waals surface area (Å²) in [5, 5.41) is 11.7. The lowest BCUT2D eigenvalue weighted by Gasteiger charge is -2.34. The number of aromatic nitrogens is 3. The Morgan fingerprint density at radius 1 is 1.14 bits per heavy atom. The van der Waals surface area contributed by atoms with Gasteiger partial charge in [0.15, 0.2) is 5.60 Å². The number of ether oxygens (including phenoxy) is 2. The van der Waals surface area contributed by atoms with Crippen LogP contribution in [0.4, 0.5) is 13.2 Å². The van der Waals surface area contributed by atoms with Gasteiger partial charge in [-0.05, 0) is 82.1 Å². The fourth-order valence-electron chi connectivity index (χ4n) is 6.69. The van der Waals surface area contributed by atoms with Gasteiger partial charge < -0.3 is 14.6 Å². The first-order valence-corrected chi connectivity index (χ1v) is 17.8. The molecule has 0 amide bonds. The van der Waals surface area contributed by atoms with E-state index in [-0.39, 0.29) is 36.5 Å². The zero-order valence-electron chi connectivity index (χ0n) is 28.7. The monoisotopic (exact) mass is 731 g/mol. The third-order valence-electron chi connectivity index (χ3n) is 9.39. The number of aryl methyl sites for hydroxylation is 3. The van der Waals surface area contributed by atoms with Gasteiger partial charge in [0.2, 0.25) is 0 Å². The lowest BCUT2D eigenvalue weighted by atomic mass is 9.88. The minimum absolute atomic E-state index is 0.00956. The van der Waals surface area contributed by atoms with Crippen molar-refractivity contribution in [2.75, 3.05) is 13.7 Å². The summed E-state index contributed by atoms with van der Waals surface area (Å²) in [4.78, 5) is 34.1. The van der Waals surface area contributed by atoms with E-state index < -0.39 is 17.7 Å². The number of carbonyl (C=O) groups is 1. The van der Waals surface area contributed by atoms with Crippen molar-refractivity contribution >= 4 is 39.1 Å². The molecule has 3 heterocycles. The zero-order valence-corrected chi connectivity index (χ0v) is 30.3. The van der Waals surface area contributed by atoms with Crippen molar-refractivity contribution in [3.63, 3.8) is 0 Å². The van der Waals surface area contributed by atoms with Gasteiger partial charge in [-0.3, -0.25) is 14.3 Å². The highest BCUT2D eigenvalue weighted by Crippen LogP contribution is 2.43. The van der Waals surface area contributed by atoms with Crippen molar-refractivity contribution in [1.82, 2.24) is 14.5 Å². The second-order valence-corrected chi connectivity index (χ2v) is 14.6. The van der Waals surface area contributed by atoms with Crippen LogP contribution in [0, 0.1) is 25.7 Å². The maximum Gasteiger partial charge on any atom is 0.417 e. The number of rotatable bonds is 7. The van der Waals surface area contributed by atoms with Crippen LogP contribution in [0.3, 0.4) is 0 Å². The number of carboxylic acids is 1. The first kappa shape index (κ1) is 37.5. The van der Waals surface area contributed by atoms with Gasteiger partial charge in [-0.15, -0.1) is 11.3 Å². The van der Waals surface area contributed by atoms with Crippen LogP contribution in [0.25, 0.3) is 21.3 Å². The molecule has 0 radical (unpaired) electrons. The van der Waals surface area contributed by atoms with Crippen molar-refractivity contribution in [1.29, 1.82) is 0 Å². The Labute approximate surface area is 297 Å². The second-order valence-electron chi connectivity index (χ2n) is 13.2. The fourth-order valence-corrected chi connectivity index (χ4v) is 7.87. The third-order valence-corrected chi connectivity index (χ3v) is 10.6. The highest BCUT2D eigenvalue weighted by molar-refractivity contribution is 7.18. The summed E-state index contributed by atoms with van der Waals surface area (Å²) in [6, 6.07) is 7.27. The zero-order chi connectivity index (χ0) is 36.4. The molecule has 13 heteroatoms. The number of fused-ring (bicyclic) bond motifs is 2. The Kier molecular flexibility index (Phi) is 11.4. The fraction of sp³-hybridized carbons (Fsp3) is 0.459. The summed E-state index contributed by atoms with van der Waals surface area (Å²) in [5.41, 5.74) is 2.69. The van der Waals surface area contributed by atoms with Gasteiger partial charge in [0.25, 0.3) is 5.56 Å². The summed E-state index contributed by atoms with van der Waals surface area (Å²) in [6.07, 6.45) is 2.43. The van der Waals surface area contributed by atoms with Crippen LogP contribution >= 0.6 is 22.9 Å². The Bertz CT molecular complexity index is 1970. The van der Waals surface area contributed by atoms with E-state index in [4.69, 9.17) is 26.1 Å². The minimum Gasteiger partial charge on any atom is -0.491 e. The van der Waals surface area contributed by atoms with Crippen molar-refractivity contribution < 1.29 is 32.5 Å². The van der Waals surface area contributed by atoms with E-state index in [1.807, 2.05) is 32.9 Å². The van der Waals surface area contributed by atoms with Crippen molar-refractivity contribution in [2.24, 2.45) is 11.8 Å². The molecule has 0 aliphatic heterocycles. The normalized spacial score (nSPS) is 20.5. The number of carboxylic acid groups (broad SMARTS) is 1. The Morgan fingerprint density at radius 2 is 1.90 bits per heavy atom. The smallest absolute Gasteiger partial charge is 0.417 e. The third kappa shape index (κ3) is 7.92. The number of alkyl halides is 3. The van der Waals surface area contributed by atoms with Crippen LogP contribution in [0.5, 0.6) is 5.75 Å². The molecule has 2 unspecified atom stereocenters. The van der Waals surface area contributed by atoms with E-state index in [1.54, 1.807) is 34.2 Å². The molecule has 1 aromatic carbocycles. The number of hydrogen-bond acceptors (Lipinski definition) is 7. The molecule has 3 aromatic heterocycles. The summed E-state index contributed by atoms with van der Waals surface area (Å²) in [5.74, 6) is 0.772. The van der Waals surface area contributed by atoms with Gasteiger partial charge in [-0.1, -0.05) is 37.6 Å². The molecule has 4 aromatic rings. The standard InChI is InChI=1S/C27H26ClN3O4S.C10H15F3O/c1-14-4-6-22-20(10-14)26(32)31(16(3)30-22)8-9-35-23-7-5-17(28)12-18(23)19-11-15(2)29-24-21(27(33)34)13-36-25(19)24;1-8-5-3-4-6-9(7-8,14-2)10(11,12)13/h5,7,11-14H,4,6,8-10H2,1-3H3,(H,33,34);3-4,8H,5-7H2,1-2H3/t14-;/m0./s1. The number of nitrogens with zero attached hydrogens (tertiary/aromatic N) is 3. The van der Waals surface area contributed by atoms with Crippen molar-refractivity contribution in [2.45, 2.75) is 84.5 Å². The van der Waals surface area contributed by atoms with Crippen LogP contribution in [-0.4, -0.2) is 51.1 Å². The molecule has 2 aliphatic carbocycles. The average molecular weight is 732 g/mol. The predicted octanol–water partition coefficient (Wildman–Crippen LogP) is 9.00. The first-order valence-electron chi connectivity index (χ1n) is 16.5. The maximum absolute atomic E-state index is 13.2. The van der Waals surface area contributed by atoms with Gasteiger partial charge in [-0.25, -0.2) is 9.78 Å². The number of aromatic carboxylic acids is 1. The topological polar surface area (TPSA) is 104 Å². The lowest BCUT2D eigenvalue weighted by Crippen LogP contribution is -2.47. The van der Waals surface area contributed by atoms with Gasteiger partial charge >= 0.3 is 12.1 Å². The van der Waals surface area contributed by atoms with Crippen molar-refractivity contribution in [3.8, 4) is 16.9 Å². The molecule has 0 saturated carbocycles. The van der Waals surface area contributed by atoms with E-state index in [2.05, 4.69) is 11.9 Å². The second kappa shape index (κ2) is 15.2. The number of benzene rings is 1. The molecule has 50 heavy (non-hydrogen) atoms. The highest BCUT2D eigenvalue weighted by Gasteiger charge is 2.55. The molecule has 8 nitrogen and oxygen atoms in total. The molecule has 0 spiro atoms. The molecule has 2 aliphatic rings.